The molecular formula is C12H19ClN2O2S. The van der Waals surface area contributed by atoms with E-state index in [1.807, 2.05) is 27.7 Å². The summed E-state index contributed by atoms with van der Waals surface area (Å²) in [6, 6.07) is 1.67. The predicted molar refractivity (Wildman–Crippen MR) is 75.5 cm³/mol. The van der Waals surface area contributed by atoms with Crippen molar-refractivity contribution in [3.63, 3.8) is 0 Å². The van der Waals surface area contributed by atoms with Gasteiger partial charge in [-0.1, -0.05) is 32.4 Å². The van der Waals surface area contributed by atoms with Crippen molar-refractivity contribution in [1.82, 2.24) is 4.98 Å². The molecule has 0 saturated carbocycles. The average Bonchev–Trinajstić information content (AvgIpc) is 2.20. The van der Waals surface area contributed by atoms with E-state index in [9.17, 15) is 8.42 Å². The first kappa shape index (κ1) is 15.2. The highest BCUT2D eigenvalue weighted by atomic mass is 35.5. The lowest BCUT2D eigenvalue weighted by atomic mass is 9.94. The highest BCUT2D eigenvalue weighted by molar-refractivity contribution is 7.92. The van der Waals surface area contributed by atoms with Crippen LogP contribution in [0.1, 0.15) is 32.8 Å². The summed E-state index contributed by atoms with van der Waals surface area (Å²) >= 11 is 5.85. The topological polar surface area (TPSA) is 59.1 Å². The Labute approximate surface area is 114 Å². The molecule has 0 bridgehead atoms. The van der Waals surface area contributed by atoms with Crippen LogP contribution in [0, 0.1) is 12.3 Å². The zero-order valence-electron chi connectivity index (χ0n) is 11.1. The molecule has 18 heavy (non-hydrogen) atoms. The molecule has 4 nitrogen and oxygen atoms in total. The fraction of sp³-hybridized carbons (Fsp3) is 0.583. The quantitative estimate of drug-likeness (QED) is 0.866. The summed E-state index contributed by atoms with van der Waals surface area (Å²) in [6.45, 7) is 7.84. The van der Waals surface area contributed by atoms with Crippen LogP contribution in [0.2, 0.25) is 5.15 Å². The largest absolute Gasteiger partial charge is 0.280 e. The Kier molecular flexibility index (Phi) is 4.61. The Morgan fingerprint density at radius 2 is 2.00 bits per heavy atom. The minimum atomic E-state index is -3.38. The van der Waals surface area contributed by atoms with Crippen molar-refractivity contribution >= 4 is 27.3 Å². The smallest absolute Gasteiger partial charge is 0.232 e. The summed E-state index contributed by atoms with van der Waals surface area (Å²) in [7, 11) is -3.38. The fourth-order valence-electron chi connectivity index (χ4n) is 1.28. The second kappa shape index (κ2) is 5.45. The van der Waals surface area contributed by atoms with Crippen molar-refractivity contribution in [2.75, 3.05) is 10.5 Å². The van der Waals surface area contributed by atoms with E-state index in [4.69, 9.17) is 11.6 Å². The summed E-state index contributed by atoms with van der Waals surface area (Å²) in [6.07, 6.45) is 2.18. The maximum atomic E-state index is 11.9. The van der Waals surface area contributed by atoms with Crippen LogP contribution in [0.25, 0.3) is 0 Å². The molecule has 0 saturated heterocycles. The second-order valence-corrected chi connectivity index (χ2v) is 7.78. The second-order valence-electron chi connectivity index (χ2n) is 5.58. The molecule has 0 aliphatic heterocycles. The van der Waals surface area contributed by atoms with Crippen molar-refractivity contribution in [3.05, 3.63) is 23.0 Å². The van der Waals surface area contributed by atoms with Crippen LogP contribution in [-0.2, 0) is 10.0 Å². The molecule has 0 unspecified atom stereocenters. The standard InChI is InChI=1S/C12H19ClN2O2S/c1-9-7-10(11(13)14-8-9)15-18(16,17)6-5-12(2,3)4/h7-8,15H,5-6H2,1-4H3. The summed E-state index contributed by atoms with van der Waals surface area (Å²) in [5, 5.41) is 0.167. The molecule has 0 atom stereocenters. The molecule has 1 rings (SSSR count). The number of hydrogen-bond donors (Lipinski definition) is 1. The van der Waals surface area contributed by atoms with Gasteiger partial charge in [-0.2, -0.15) is 0 Å². The summed E-state index contributed by atoms with van der Waals surface area (Å²) < 4.78 is 26.3. The Balaban J connectivity index is 2.80. The van der Waals surface area contributed by atoms with E-state index in [1.54, 1.807) is 12.3 Å². The molecular weight excluding hydrogens is 272 g/mol. The third-order valence-corrected chi connectivity index (χ3v) is 3.94. The number of hydrogen-bond acceptors (Lipinski definition) is 3. The molecule has 1 N–H and O–H groups in total. The van der Waals surface area contributed by atoms with E-state index in [0.717, 1.165) is 5.56 Å². The van der Waals surface area contributed by atoms with Crippen molar-refractivity contribution in [2.24, 2.45) is 5.41 Å². The van der Waals surface area contributed by atoms with Gasteiger partial charge in [-0.25, -0.2) is 13.4 Å². The Morgan fingerprint density at radius 1 is 1.39 bits per heavy atom. The third kappa shape index (κ3) is 5.23. The van der Waals surface area contributed by atoms with Gasteiger partial charge in [0.25, 0.3) is 0 Å². The van der Waals surface area contributed by atoms with Gasteiger partial charge in [-0.05, 0) is 30.4 Å². The van der Waals surface area contributed by atoms with Crippen LogP contribution < -0.4 is 4.72 Å². The molecule has 0 aromatic carbocycles. The van der Waals surface area contributed by atoms with Gasteiger partial charge in [0.15, 0.2) is 5.15 Å². The molecule has 1 aromatic heterocycles. The van der Waals surface area contributed by atoms with E-state index in [2.05, 4.69) is 9.71 Å². The maximum Gasteiger partial charge on any atom is 0.232 e. The van der Waals surface area contributed by atoms with Gasteiger partial charge >= 0.3 is 0 Å². The minimum absolute atomic E-state index is 0.0244. The lowest BCUT2D eigenvalue weighted by Crippen LogP contribution is -2.21. The first-order valence-electron chi connectivity index (χ1n) is 5.72. The Bertz CT molecular complexity index is 521. The van der Waals surface area contributed by atoms with E-state index in [1.165, 1.54) is 0 Å². The zero-order valence-corrected chi connectivity index (χ0v) is 12.7. The first-order valence-corrected chi connectivity index (χ1v) is 7.75. The normalized spacial score (nSPS) is 12.5. The van der Waals surface area contributed by atoms with Crippen LogP contribution in [0.3, 0.4) is 0 Å². The van der Waals surface area contributed by atoms with Gasteiger partial charge in [-0.15, -0.1) is 0 Å². The predicted octanol–water partition coefficient (Wildman–Crippen LogP) is 3.22. The maximum absolute atomic E-state index is 11.9. The third-order valence-electron chi connectivity index (χ3n) is 2.36. The molecule has 102 valence electrons. The van der Waals surface area contributed by atoms with Gasteiger partial charge in [0, 0.05) is 6.20 Å². The van der Waals surface area contributed by atoms with Crippen LogP contribution in [0.4, 0.5) is 5.69 Å². The average molecular weight is 291 g/mol. The van der Waals surface area contributed by atoms with E-state index in [-0.39, 0.29) is 16.3 Å². The van der Waals surface area contributed by atoms with Gasteiger partial charge in [0.2, 0.25) is 10.0 Å². The van der Waals surface area contributed by atoms with Gasteiger partial charge in [0.1, 0.15) is 0 Å². The highest BCUT2D eigenvalue weighted by Gasteiger charge is 2.18. The van der Waals surface area contributed by atoms with Crippen LogP contribution >= 0.6 is 11.6 Å². The molecule has 1 aromatic rings. The van der Waals surface area contributed by atoms with E-state index < -0.39 is 10.0 Å². The highest BCUT2D eigenvalue weighted by Crippen LogP contribution is 2.23. The molecule has 6 heteroatoms. The number of rotatable bonds is 4. The number of aryl methyl sites for hydroxylation is 1. The Morgan fingerprint density at radius 3 is 2.56 bits per heavy atom. The lowest BCUT2D eigenvalue weighted by molar-refractivity contribution is 0.397. The van der Waals surface area contributed by atoms with E-state index >= 15 is 0 Å². The zero-order chi connectivity index (χ0) is 14.0. The number of pyridine rings is 1. The number of halogens is 1. The summed E-state index contributed by atoms with van der Waals surface area (Å²) in [4.78, 5) is 3.91. The molecule has 0 aliphatic rings. The molecule has 0 amide bonds. The number of aromatic nitrogens is 1. The minimum Gasteiger partial charge on any atom is -0.280 e. The van der Waals surface area contributed by atoms with Crippen LogP contribution in [-0.4, -0.2) is 19.2 Å². The SMILES string of the molecule is Cc1cnc(Cl)c(NS(=O)(=O)CCC(C)(C)C)c1. The van der Waals surface area contributed by atoms with Gasteiger partial charge < -0.3 is 0 Å². The van der Waals surface area contributed by atoms with Gasteiger partial charge in [0.05, 0.1) is 11.4 Å². The molecule has 1 heterocycles. The van der Waals surface area contributed by atoms with Crippen LogP contribution in [0.15, 0.2) is 12.3 Å². The van der Waals surface area contributed by atoms with Crippen molar-refractivity contribution in [3.8, 4) is 0 Å². The number of sulfonamides is 1. The summed E-state index contributed by atoms with van der Waals surface area (Å²) in [5.74, 6) is 0.0702. The molecule has 0 spiro atoms. The van der Waals surface area contributed by atoms with Crippen molar-refractivity contribution < 1.29 is 8.42 Å². The molecule has 0 fully saturated rings. The number of anilines is 1. The van der Waals surface area contributed by atoms with Crippen molar-refractivity contribution in [1.29, 1.82) is 0 Å². The fourth-order valence-corrected chi connectivity index (χ4v) is 2.96. The molecule has 0 aliphatic carbocycles. The number of nitrogens with zero attached hydrogens (tertiary/aromatic N) is 1. The lowest BCUT2D eigenvalue weighted by Gasteiger charge is -2.18. The van der Waals surface area contributed by atoms with Gasteiger partial charge in [-0.3, -0.25) is 4.72 Å². The Hall–Kier alpha value is -0.810. The first-order chi connectivity index (χ1) is 8.09. The molecule has 0 radical (unpaired) electrons. The van der Waals surface area contributed by atoms with Crippen LogP contribution in [0.5, 0.6) is 0 Å². The van der Waals surface area contributed by atoms with Crippen molar-refractivity contribution in [2.45, 2.75) is 34.1 Å². The van der Waals surface area contributed by atoms with E-state index in [0.29, 0.717) is 12.1 Å². The number of nitrogens with one attached hydrogen (secondary N) is 1. The summed E-state index contributed by atoms with van der Waals surface area (Å²) in [5.41, 5.74) is 1.17. The monoisotopic (exact) mass is 290 g/mol.